The number of carbonyl (C=O) groups excluding carboxylic acids is 2. The molecule has 8 heteroatoms. The van der Waals surface area contributed by atoms with Crippen LogP contribution in [0.15, 0.2) is 54.6 Å². The molecule has 2 amide bonds. The largest absolute Gasteiger partial charge is 0.496 e. The molecular weight excluding hydrogens is 466 g/mol. The van der Waals surface area contributed by atoms with Gasteiger partial charge in [0.25, 0.3) is 0 Å². The van der Waals surface area contributed by atoms with E-state index in [9.17, 15) is 9.59 Å². The summed E-state index contributed by atoms with van der Waals surface area (Å²) in [5.41, 5.74) is 7.27. The Kier molecular flexibility index (Phi) is 15.7. The lowest BCUT2D eigenvalue weighted by Crippen LogP contribution is -2.48. The number of ether oxygens (including phenoxy) is 1. The highest BCUT2D eigenvalue weighted by Crippen LogP contribution is 2.17. The smallest absolute Gasteiger partial charge is 0.242 e. The summed E-state index contributed by atoms with van der Waals surface area (Å²) in [6.07, 6.45) is 5.77. The van der Waals surface area contributed by atoms with E-state index >= 15 is 0 Å². The fourth-order valence-electron chi connectivity index (χ4n) is 4.01. The Labute approximate surface area is 222 Å². The van der Waals surface area contributed by atoms with E-state index in [2.05, 4.69) is 21.3 Å². The third kappa shape index (κ3) is 13.3. The molecule has 6 N–H and O–H groups in total. The topological polar surface area (TPSA) is 118 Å². The van der Waals surface area contributed by atoms with Crippen molar-refractivity contribution in [2.75, 3.05) is 46.4 Å². The van der Waals surface area contributed by atoms with E-state index in [1.807, 2.05) is 54.6 Å². The number of amides is 2. The van der Waals surface area contributed by atoms with Crippen LogP contribution in [0.1, 0.15) is 43.2 Å². The summed E-state index contributed by atoms with van der Waals surface area (Å²) < 4.78 is 5.35. The average molecular weight is 512 g/mol. The number of para-hydroxylation sites is 1. The predicted molar refractivity (Wildman–Crippen MR) is 150 cm³/mol. The van der Waals surface area contributed by atoms with Crippen LogP contribution in [0.5, 0.6) is 5.75 Å². The SMILES string of the molecule is COc1ccccc1CC(=O)N[C@@H](Cc1ccccc1)C(=O)NCCCCNCCCCNCCCN. The molecule has 0 spiro atoms. The molecule has 204 valence electrons. The van der Waals surface area contributed by atoms with Crippen LogP contribution in [-0.2, 0) is 22.4 Å². The van der Waals surface area contributed by atoms with Crippen molar-refractivity contribution >= 4 is 11.8 Å². The minimum atomic E-state index is -0.638. The average Bonchev–Trinajstić information content (AvgIpc) is 2.91. The minimum absolute atomic E-state index is 0.151. The van der Waals surface area contributed by atoms with E-state index in [4.69, 9.17) is 10.5 Å². The molecule has 2 aromatic rings. The van der Waals surface area contributed by atoms with Crippen LogP contribution in [-0.4, -0.2) is 64.2 Å². The van der Waals surface area contributed by atoms with Crippen LogP contribution in [0.4, 0.5) is 0 Å². The Bertz CT molecular complexity index is 894. The Morgan fingerprint density at radius 3 is 2.05 bits per heavy atom. The first-order chi connectivity index (χ1) is 18.1. The van der Waals surface area contributed by atoms with Gasteiger partial charge in [0, 0.05) is 18.5 Å². The van der Waals surface area contributed by atoms with E-state index < -0.39 is 6.04 Å². The highest BCUT2D eigenvalue weighted by Gasteiger charge is 2.21. The monoisotopic (exact) mass is 511 g/mol. The zero-order valence-corrected chi connectivity index (χ0v) is 22.3. The van der Waals surface area contributed by atoms with Gasteiger partial charge in [-0.25, -0.2) is 0 Å². The first-order valence-electron chi connectivity index (χ1n) is 13.5. The fourth-order valence-corrected chi connectivity index (χ4v) is 4.01. The number of carbonyl (C=O) groups is 2. The number of methoxy groups -OCH3 is 1. The van der Waals surface area contributed by atoms with Gasteiger partial charge in [0.1, 0.15) is 11.8 Å². The molecule has 2 aromatic carbocycles. The normalized spacial score (nSPS) is 11.6. The van der Waals surface area contributed by atoms with E-state index in [-0.39, 0.29) is 18.2 Å². The molecule has 0 fully saturated rings. The van der Waals surface area contributed by atoms with Crippen molar-refractivity contribution in [1.82, 2.24) is 21.3 Å². The Morgan fingerprint density at radius 1 is 0.811 bits per heavy atom. The zero-order valence-electron chi connectivity index (χ0n) is 22.3. The van der Waals surface area contributed by atoms with Crippen LogP contribution >= 0.6 is 0 Å². The second-order valence-corrected chi connectivity index (χ2v) is 9.15. The molecule has 0 aliphatic carbocycles. The Balaban J connectivity index is 1.71. The van der Waals surface area contributed by atoms with Crippen molar-refractivity contribution in [3.63, 3.8) is 0 Å². The molecule has 0 aliphatic rings. The first-order valence-corrected chi connectivity index (χ1v) is 13.5. The van der Waals surface area contributed by atoms with Crippen LogP contribution in [0.25, 0.3) is 0 Å². The Morgan fingerprint density at radius 2 is 1.41 bits per heavy atom. The maximum absolute atomic E-state index is 13.0. The molecule has 0 aromatic heterocycles. The summed E-state index contributed by atoms with van der Waals surface area (Å²) in [4.78, 5) is 25.8. The van der Waals surface area contributed by atoms with E-state index in [0.29, 0.717) is 18.7 Å². The second-order valence-electron chi connectivity index (χ2n) is 9.15. The summed E-state index contributed by atoms with van der Waals surface area (Å²) in [6.45, 7) is 5.28. The molecule has 0 bridgehead atoms. The van der Waals surface area contributed by atoms with Crippen LogP contribution in [0.2, 0.25) is 0 Å². The predicted octanol–water partition coefficient (Wildman–Crippen LogP) is 2.17. The molecule has 0 saturated heterocycles. The van der Waals surface area contributed by atoms with Gasteiger partial charge in [-0.2, -0.15) is 0 Å². The highest BCUT2D eigenvalue weighted by atomic mass is 16.5. The highest BCUT2D eigenvalue weighted by molar-refractivity contribution is 5.88. The molecular formula is C29H45N5O3. The number of hydrogen-bond donors (Lipinski definition) is 5. The Hall–Kier alpha value is -2.94. The lowest BCUT2D eigenvalue weighted by Gasteiger charge is -2.19. The lowest BCUT2D eigenvalue weighted by molar-refractivity contribution is -0.128. The third-order valence-electron chi connectivity index (χ3n) is 6.07. The van der Waals surface area contributed by atoms with Gasteiger partial charge in [0.2, 0.25) is 11.8 Å². The van der Waals surface area contributed by atoms with Crippen molar-refractivity contribution in [3.05, 3.63) is 65.7 Å². The minimum Gasteiger partial charge on any atom is -0.496 e. The summed E-state index contributed by atoms with van der Waals surface area (Å²) >= 11 is 0. The van der Waals surface area contributed by atoms with E-state index in [1.54, 1.807) is 7.11 Å². The molecule has 1 atom stereocenters. The molecule has 0 saturated carbocycles. The van der Waals surface area contributed by atoms with Crippen molar-refractivity contribution < 1.29 is 14.3 Å². The van der Waals surface area contributed by atoms with Gasteiger partial charge >= 0.3 is 0 Å². The number of rotatable bonds is 20. The van der Waals surface area contributed by atoms with Gasteiger partial charge in [-0.15, -0.1) is 0 Å². The summed E-state index contributed by atoms with van der Waals surface area (Å²) in [5.74, 6) is 0.293. The lowest BCUT2D eigenvalue weighted by atomic mass is 10.0. The van der Waals surface area contributed by atoms with Crippen molar-refractivity contribution in [2.45, 2.75) is 51.0 Å². The quantitative estimate of drug-likeness (QED) is 0.174. The summed E-state index contributed by atoms with van der Waals surface area (Å²) in [5, 5.41) is 12.8. The van der Waals surface area contributed by atoms with Gasteiger partial charge in [-0.1, -0.05) is 48.5 Å². The van der Waals surface area contributed by atoms with Crippen molar-refractivity contribution in [3.8, 4) is 5.75 Å². The zero-order chi connectivity index (χ0) is 26.6. The van der Waals surface area contributed by atoms with Crippen molar-refractivity contribution in [1.29, 1.82) is 0 Å². The van der Waals surface area contributed by atoms with Gasteiger partial charge < -0.3 is 31.7 Å². The summed E-state index contributed by atoms with van der Waals surface area (Å²) in [6, 6.07) is 16.5. The number of nitrogens with two attached hydrogens (primary N) is 1. The number of benzene rings is 2. The van der Waals surface area contributed by atoms with Crippen molar-refractivity contribution in [2.24, 2.45) is 5.73 Å². The molecule has 2 rings (SSSR count). The van der Waals surface area contributed by atoms with E-state index in [0.717, 1.165) is 76.0 Å². The second kappa shape index (κ2) is 19.2. The molecule has 8 nitrogen and oxygen atoms in total. The van der Waals surface area contributed by atoms with Gasteiger partial charge in [0.15, 0.2) is 0 Å². The number of unbranched alkanes of at least 4 members (excludes halogenated alkanes) is 2. The van der Waals surface area contributed by atoms with Crippen LogP contribution < -0.4 is 31.7 Å². The molecule has 0 unspecified atom stereocenters. The first kappa shape index (κ1) is 30.3. The van der Waals surface area contributed by atoms with Crippen LogP contribution in [0.3, 0.4) is 0 Å². The van der Waals surface area contributed by atoms with Gasteiger partial charge in [0.05, 0.1) is 13.5 Å². The molecule has 37 heavy (non-hydrogen) atoms. The fraction of sp³-hybridized carbons (Fsp3) is 0.517. The maximum Gasteiger partial charge on any atom is 0.242 e. The summed E-state index contributed by atoms with van der Waals surface area (Å²) in [7, 11) is 1.58. The number of hydrogen-bond acceptors (Lipinski definition) is 6. The number of nitrogens with one attached hydrogen (secondary N) is 4. The third-order valence-corrected chi connectivity index (χ3v) is 6.07. The standard InChI is InChI=1S/C29H45N5O3/c1-37-27-15-6-5-14-25(27)23-28(35)34-26(22-24-12-3-2-4-13-24)29(36)33-21-10-9-19-31-17-7-8-18-32-20-11-16-30/h2-6,12-15,26,31-32H,7-11,16-23,30H2,1H3,(H,33,36)(H,34,35)/t26-/m0/s1. The van der Waals surface area contributed by atoms with Gasteiger partial charge in [-0.3, -0.25) is 9.59 Å². The molecule has 0 radical (unpaired) electrons. The van der Waals surface area contributed by atoms with E-state index in [1.165, 1.54) is 0 Å². The van der Waals surface area contributed by atoms with Gasteiger partial charge in [-0.05, 0) is 76.5 Å². The molecule has 0 aliphatic heterocycles. The maximum atomic E-state index is 13.0. The molecule has 0 heterocycles. The van der Waals surface area contributed by atoms with Crippen LogP contribution in [0, 0.1) is 0 Å².